The molecule has 2 heterocycles. The van der Waals surface area contributed by atoms with Crippen LogP contribution in [0.3, 0.4) is 0 Å². The first-order chi connectivity index (χ1) is 13.0. The minimum Gasteiger partial charge on any atom is -0.325 e. The van der Waals surface area contributed by atoms with Crippen molar-refractivity contribution in [2.75, 3.05) is 10.5 Å². The number of aromatic nitrogens is 2. The Hall–Kier alpha value is -2.51. The largest absolute Gasteiger partial charge is 0.325 e. The maximum absolute atomic E-state index is 12.5. The van der Waals surface area contributed by atoms with E-state index in [4.69, 9.17) is 0 Å². The summed E-state index contributed by atoms with van der Waals surface area (Å²) in [7, 11) is -3.64. The Bertz CT molecular complexity index is 1080. The molecule has 1 aliphatic heterocycles. The number of aryl methyl sites for hydroxylation is 2. The molecule has 0 amide bonds. The van der Waals surface area contributed by atoms with E-state index in [2.05, 4.69) is 14.3 Å². The van der Waals surface area contributed by atoms with Crippen LogP contribution >= 0.6 is 11.8 Å². The standard InChI is InChI=1S/C20H19N3O2S2/c1-15-6-8-16(9-7-15)10-13-27(24,25)22-18-5-3-2-4-17(18)19-14-23-11-12-26-20(23)21-19/h2-10,13-14,22H,11-12H2,1H3. The third kappa shape index (κ3) is 4.09. The monoisotopic (exact) mass is 397 g/mol. The van der Waals surface area contributed by atoms with E-state index in [1.54, 1.807) is 23.9 Å². The molecule has 27 heavy (non-hydrogen) atoms. The van der Waals surface area contributed by atoms with Crippen LogP contribution < -0.4 is 4.72 Å². The second kappa shape index (κ2) is 7.25. The van der Waals surface area contributed by atoms with E-state index < -0.39 is 10.0 Å². The molecule has 0 saturated heterocycles. The number of nitrogens with zero attached hydrogens (tertiary/aromatic N) is 2. The second-order valence-electron chi connectivity index (χ2n) is 6.36. The van der Waals surface area contributed by atoms with Crippen LogP contribution in [-0.4, -0.2) is 23.7 Å². The van der Waals surface area contributed by atoms with Gasteiger partial charge in [-0.3, -0.25) is 4.72 Å². The van der Waals surface area contributed by atoms with Crippen LogP contribution in [0.25, 0.3) is 17.3 Å². The highest BCUT2D eigenvalue weighted by atomic mass is 32.2. The zero-order valence-corrected chi connectivity index (χ0v) is 16.4. The summed E-state index contributed by atoms with van der Waals surface area (Å²) in [6.45, 7) is 2.92. The van der Waals surface area contributed by atoms with Gasteiger partial charge in [0, 0.05) is 24.1 Å². The molecule has 0 unspecified atom stereocenters. The molecule has 5 nitrogen and oxygen atoms in total. The molecule has 1 N–H and O–H groups in total. The van der Waals surface area contributed by atoms with E-state index >= 15 is 0 Å². The zero-order valence-electron chi connectivity index (χ0n) is 14.8. The molecule has 0 bridgehead atoms. The van der Waals surface area contributed by atoms with Crippen molar-refractivity contribution in [3.63, 3.8) is 0 Å². The number of hydrogen-bond acceptors (Lipinski definition) is 4. The fourth-order valence-electron chi connectivity index (χ4n) is 2.87. The topological polar surface area (TPSA) is 64.0 Å². The third-order valence-corrected chi connectivity index (χ3v) is 6.25. The van der Waals surface area contributed by atoms with Crippen molar-refractivity contribution >= 4 is 33.5 Å². The lowest BCUT2D eigenvalue weighted by atomic mass is 10.1. The SMILES string of the molecule is Cc1ccc(C=CS(=O)(=O)Nc2ccccc2-c2cn3c(n2)SCC3)cc1. The zero-order chi connectivity index (χ0) is 18.9. The summed E-state index contributed by atoms with van der Waals surface area (Å²) in [5, 5.41) is 2.17. The number of para-hydroxylation sites is 1. The molecule has 0 aliphatic carbocycles. The number of benzene rings is 2. The van der Waals surface area contributed by atoms with Gasteiger partial charge in [-0.05, 0) is 24.6 Å². The summed E-state index contributed by atoms with van der Waals surface area (Å²) in [6, 6.07) is 15.0. The van der Waals surface area contributed by atoms with Gasteiger partial charge in [-0.15, -0.1) is 0 Å². The van der Waals surface area contributed by atoms with E-state index in [0.717, 1.165) is 39.8 Å². The van der Waals surface area contributed by atoms with Crippen LogP contribution in [0.5, 0.6) is 0 Å². The molecule has 138 valence electrons. The highest BCUT2D eigenvalue weighted by Crippen LogP contribution is 2.32. The van der Waals surface area contributed by atoms with E-state index in [1.807, 2.05) is 55.6 Å². The predicted molar refractivity (Wildman–Crippen MR) is 111 cm³/mol. The lowest BCUT2D eigenvalue weighted by Gasteiger charge is -2.09. The maximum Gasteiger partial charge on any atom is 0.255 e. The smallest absolute Gasteiger partial charge is 0.255 e. The quantitative estimate of drug-likeness (QED) is 0.694. The lowest BCUT2D eigenvalue weighted by Crippen LogP contribution is -2.09. The van der Waals surface area contributed by atoms with Crippen LogP contribution in [0.4, 0.5) is 5.69 Å². The van der Waals surface area contributed by atoms with Gasteiger partial charge in [0.15, 0.2) is 5.16 Å². The number of nitrogens with one attached hydrogen (secondary N) is 1. The number of sulfonamides is 1. The Balaban J connectivity index is 1.59. The summed E-state index contributed by atoms with van der Waals surface area (Å²) in [5.74, 6) is 1.03. The number of rotatable bonds is 5. The fourth-order valence-corrected chi connectivity index (χ4v) is 4.70. The molecule has 4 rings (SSSR count). The molecule has 0 fully saturated rings. The van der Waals surface area contributed by atoms with Gasteiger partial charge in [0.1, 0.15) is 0 Å². The Morgan fingerprint density at radius 2 is 1.93 bits per heavy atom. The van der Waals surface area contributed by atoms with Crippen LogP contribution in [0, 0.1) is 6.92 Å². The van der Waals surface area contributed by atoms with Crippen LogP contribution in [0.15, 0.2) is 65.3 Å². The van der Waals surface area contributed by atoms with Crippen molar-refractivity contribution in [3.05, 3.63) is 71.3 Å². The van der Waals surface area contributed by atoms with E-state index in [9.17, 15) is 8.42 Å². The number of hydrogen-bond donors (Lipinski definition) is 1. The van der Waals surface area contributed by atoms with Crippen molar-refractivity contribution in [2.24, 2.45) is 0 Å². The summed E-state index contributed by atoms with van der Waals surface area (Å²) >= 11 is 1.71. The molecule has 0 spiro atoms. The third-order valence-electron chi connectivity index (χ3n) is 4.28. The first-order valence-corrected chi connectivity index (χ1v) is 11.1. The van der Waals surface area contributed by atoms with Gasteiger partial charge in [-0.2, -0.15) is 0 Å². The van der Waals surface area contributed by atoms with Gasteiger partial charge in [0.25, 0.3) is 10.0 Å². The van der Waals surface area contributed by atoms with Crippen molar-refractivity contribution < 1.29 is 8.42 Å². The minimum atomic E-state index is -3.64. The van der Waals surface area contributed by atoms with Gasteiger partial charge in [0.2, 0.25) is 0 Å². The van der Waals surface area contributed by atoms with Crippen molar-refractivity contribution in [3.8, 4) is 11.3 Å². The molecule has 3 aromatic rings. The number of imidazole rings is 1. The molecule has 0 radical (unpaired) electrons. The second-order valence-corrected chi connectivity index (χ2v) is 8.99. The molecular formula is C20H19N3O2S2. The Morgan fingerprint density at radius 1 is 1.15 bits per heavy atom. The summed E-state index contributed by atoms with van der Waals surface area (Å²) < 4.78 is 29.8. The van der Waals surface area contributed by atoms with E-state index in [1.165, 1.54) is 5.41 Å². The predicted octanol–water partition coefficient (Wildman–Crippen LogP) is 4.38. The number of anilines is 1. The Morgan fingerprint density at radius 3 is 2.70 bits per heavy atom. The minimum absolute atomic E-state index is 0.521. The summed E-state index contributed by atoms with van der Waals surface area (Å²) in [4.78, 5) is 4.63. The Kier molecular flexibility index (Phi) is 4.80. The van der Waals surface area contributed by atoms with E-state index in [0.29, 0.717) is 5.69 Å². The van der Waals surface area contributed by atoms with Crippen molar-refractivity contribution in [1.29, 1.82) is 0 Å². The highest BCUT2D eigenvalue weighted by Gasteiger charge is 2.18. The average molecular weight is 398 g/mol. The number of fused-ring (bicyclic) bond motifs is 1. The lowest BCUT2D eigenvalue weighted by molar-refractivity contribution is 0.609. The van der Waals surface area contributed by atoms with Gasteiger partial charge in [-0.1, -0.05) is 59.8 Å². The maximum atomic E-state index is 12.5. The van der Waals surface area contributed by atoms with Crippen LogP contribution in [-0.2, 0) is 16.6 Å². The number of thioether (sulfide) groups is 1. The molecule has 1 aliphatic rings. The fraction of sp³-hybridized carbons (Fsp3) is 0.150. The average Bonchev–Trinajstić information content (AvgIpc) is 3.23. The highest BCUT2D eigenvalue weighted by molar-refractivity contribution is 7.99. The van der Waals surface area contributed by atoms with Gasteiger partial charge < -0.3 is 4.57 Å². The normalized spacial score (nSPS) is 13.8. The van der Waals surface area contributed by atoms with Crippen molar-refractivity contribution in [2.45, 2.75) is 18.6 Å². The van der Waals surface area contributed by atoms with Crippen LogP contribution in [0.2, 0.25) is 0 Å². The summed E-state index contributed by atoms with van der Waals surface area (Å²) in [6.07, 6.45) is 3.57. The summed E-state index contributed by atoms with van der Waals surface area (Å²) in [5.41, 5.74) is 4.03. The molecule has 1 aromatic heterocycles. The molecule has 7 heteroatoms. The van der Waals surface area contributed by atoms with Gasteiger partial charge in [0.05, 0.1) is 16.8 Å². The first-order valence-electron chi connectivity index (χ1n) is 8.57. The molecule has 0 atom stereocenters. The van der Waals surface area contributed by atoms with Gasteiger partial charge in [-0.25, -0.2) is 13.4 Å². The van der Waals surface area contributed by atoms with Gasteiger partial charge >= 0.3 is 0 Å². The van der Waals surface area contributed by atoms with Crippen LogP contribution in [0.1, 0.15) is 11.1 Å². The van der Waals surface area contributed by atoms with Crippen molar-refractivity contribution in [1.82, 2.24) is 9.55 Å². The van der Waals surface area contributed by atoms with E-state index in [-0.39, 0.29) is 0 Å². The Labute approximate surface area is 163 Å². The first kappa shape index (κ1) is 17.9. The molecular weight excluding hydrogens is 378 g/mol. The molecule has 2 aromatic carbocycles. The molecule has 0 saturated carbocycles.